The van der Waals surface area contributed by atoms with Crippen molar-refractivity contribution < 1.29 is 0 Å². The Hall–Kier alpha value is -3.12. The van der Waals surface area contributed by atoms with Crippen molar-refractivity contribution in [2.75, 3.05) is 6.54 Å². The number of nitrogens with zero attached hydrogens (tertiary/aromatic N) is 3. The van der Waals surface area contributed by atoms with Gasteiger partial charge in [0.2, 0.25) is 0 Å². The SMILES string of the molecule is Cc1cc(CCN)cc(-c2ncc(-c3ccc4c(c3)n(C)c(=O)n4C)[nH]2)c1. The fourth-order valence-electron chi connectivity index (χ4n) is 3.60. The Labute approximate surface area is 157 Å². The van der Waals surface area contributed by atoms with Gasteiger partial charge < -0.3 is 10.7 Å². The van der Waals surface area contributed by atoms with Gasteiger partial charge in [0.25, 0.3) is 0 Å². The van der Waals surface area contributed by atoms with Crippen LogP contribution in [0.1, 0.15) is 11.1 Å². The van der Waals surface area contributed by atoms with Crippen LogP contribution < -0.4 is 11.4 Å². The highest BCUT2D eigenvalue weighted by atomic mass is 16.1. The first-order chi connectivity index (χ1) is 13.0. The predicted octanol–water partition coefficient (Wildman–Crippen LogP) is 2.74. The topological polar surface area (TPSA) is 81.6 Å². The lowest BCUT2D eigenvalue weighted by atomic mass is 10.0. The summed E-state index contributed by atoms with van der Waals surface area (Å²) in [6.45, 7) is 2.71. The fourth-order valence-corrected chi connectivity index (χ4v) is 3.60. The Bertz CT molecular complexity index is 1200. The number of nitrogens with two attached hydrogens (primary N) is 1. The van der Waals surface area contributed by atoms with Crippen LogP contribution in [0, 0.1) is 6.92 Å². The Morgan fingerprint density at radius 2 is 1.81 bits per heavy atom. The van der Waals surface area contributed by atoms with Crippen LogP contribution in [0.15, 0.2) is 47.4 Å². The molecule has 138 valence electrons. The molecule has 6 nitrogen and oxygen atoms in total. The zero-order chi connectivity index (χ0) is 19.1. The molecule has 4 aromatic rings. The lowest BCUT2D eigenvalue weighted by molar-refractivity contribution is 0.795. The van der Waals surface area contributed by atoms with E-state index in [9.17, 15) is 4.79 Å². The van der Waals surface area contributed by atoms with E-state index in [0.717, 1.165) is 40.1 Å². The zero-order valence-electron chi connectivity index (χ0n) is 15.8. The highest BCUT2D eigenvalue weighted by molar-refractivity contribution is 5.82. The molecule has 0 saturated carbocycles. The Kier molecular flexibility index (Phi) is 4.20. The molecule has 0 aliphatic heterocycles. The second-order valence-electron chi connectivity index (χ2n) is 7.00. The number of rotatable bonds is 4. The van der Waals surface area contributed by atoms with E-state index < -0.39 is 0 Å². The Balaban J connectivity index is 1.76. The monoisotopic (exact) mass is 361 g/mol. The van der Waals surface area contributed by atoms with Gasteiger partial charge in [-0.2, -0.15) is 0 Å². The minimum Gasteiger partial charge on any atom is -0.338 e. The third-order valence-corrected chi connectivity index (χ3v) is 5.00. The van der Waals surface area contributed by atoms with Crippen LogP contribution in [0.4, 0.5) is 0 Å². The standard InChI is InChI=1S/C21H23N5O/c1-13-8-14(6-7-22)10-16(9-13)20-23-12-17(24-20)15-4-5-18-19(11-15)26(3)21(27)25(18)2/h4-5,8-12H,6-7,22H2,1-3H3,(H,23,24). The summed E-state index contributed by atoms with van der Waals surface area (Å²) < 4.78 is 3.32. The van der Waals surface area contributed by atoms with Gasteiger partial charge in [0, 0.05) is 25.2 Å². The molecule has 6 heteroatoms. The van der Waals surface area contributed by atoms with Gasteiger partial charge >= 0.3 is 5.69 Å². The maximum Gasteiger partial charge on any atom is 0.328 e. The van der Waals surface area contributed by atoms with Crippen LogP contribution in [-0.4, -0.2) is 25.6 Å². The average molecular weight is 361 g/mol. The van der Waals surface area contributed by atoms with Gasteiger partial charge in [0.1, 0.15) is 5.82 Å². The van der Waals surface area contributed by atoms with E-state index in [2.05, 4.69) is 35.1 Å². The molecule has 0 fully saturated rings. The molecule has 3 N–H and O–H groups in total. The largest absolute Gasteiger partial charge is 0.338 e. The number of aromatic amines is 1. The van der Waals surface area contributed by atoms with Crippen molar-refractivity contribution >= 4 is 11.0 Å². The van der Waals surface area contributed by atoms with Gasteiger partial charge in [-0.1, -0.05) is 17.7 Å². The van der Waals surface area contributed by atoms with E-state index >= 15 is 0 Å². The summed E-state index contributed by atoms with van der Waals surface area (Å²) in [5.41, 5.74) is 12.9. The molecule has 0 saturated heterocycles. The van der Waals surface area contributed by atoms with Crippen molar-refractivity contribution in [1.82, 2.24) is 19.1 Å². The third kappa shape index (κ3) is 2.98. The van der Waals surface area contributed by atoms with E-state index in [-0.39, 0.29) is 5.69 Å². The number of hydrogen-bond acceptors (Lipinski definition) is 3. The average Bonchev–Trinajstić information content (AvgIpc) is 3.22. The third-order valence-electron chi connectivity index (χ3n) is 5.00. The van der Waals surface area contributed by atoms with Crippen LogP contribution in [0.25, 0.3) is 33.7 Å². The molecule has 0 bridgehead atoms. The van der Waals surface area contributed by atoms with Gasteiger partial charge in [-0.25, -0.2) is 9.78 Å². The van der Waals surface area contributed by atoms with E-state index in [4.69, 9.17) is 5.73 Å². The van der Waals surface area contributed by atoms with Gasteiger partial charge in [-0.3, -0.25) is 9.13 Å². The number of hydrogen-bond donors (Lipinski definition) is 2. The van der Waals surface area contributed by atoms with E-state index in [0.29, 0.717) is 6.54 Å². The lowest BCUT2D eigenvalue weighted by Crippen LogP contribution is -2.19. The predicted molar refractivity (Wildman–Crippen MR) is 109 cm³/mol. The van der Waals surface area contributed by atoms with Crippen molar-refractivity contribution in [2.24, 2.45) is 19.8 Å². The summed E-state index contributed by atoms with van der Waals surface area (Å²) in [7, 11) is 3.58. The minimum absolute atomic E-state index is 0.0281. The normalized spacial score (nSPS) is 11.4. The molecule has 0 atom stereocenters. The van der Waals surface area contributed by atoms with E-state index in [1.165, 1.54) is 11.1 Å². The van der Waals surface area contributed by atoms with Gasteiger partial charge in [0.05, 0.1) is 22.9 Å². The van der Waals surface area contributed by atoms with Crippen LogP contribution in [0.2, 0.25) is 0 Å². The maximum absolute atomic E-state index is 12.1. The first-order valence-electron chi connectivity index (χ1n) is 9.00. The fraction of sp³-hybridized carbons (Fsp3) is 0.238. The number of fused-ring (bicyclic) bond motifs is 1. The Morgan fingerprint density at radius 3 is 2.59 bits per heavy atom. The van der Waals surface area contributed by atoms with Crippen LogP contribution in [-0.2, 0) is 20.5 Å². The van der Waals surface area contributed by atoms with Crippen LogP contribution in [0.5, 0.6) is 0 Å². The summed E-state index contributed by atoms with van der Waals surface area (Å²) in [6.07, 6.45) is 2.68. The second-order valence-corrected chi connectivity index (χ2v) is 7.00. The summed E-state index contributed by atoms with van der Waals surface area (Å²) in [5, 5.41) is 0. The number of nitrogens with one attached hydrogen (secondary N) is 1. The molecule has 0 amide bonds. The number of benzene rings is 2. The van der Waals surface area contributed by atoms with Gasteiger partial charge in [-0.05, 0) is 49.7 Å². The van der Waals surface area contributed by atoms with Crippen molar-refractivity contribution in [2.45, 2.75) is 13.3 Å². The molecular weight excluding hydrogens is 338 g/mol. The highest BCUT2D eigenvalue weighted by Gasteiger charge is 2.11. The van der Waals surface area contributed by atoms with Crippen molar-refractivity contribution in [3.8, 4) is 22.6 Å². The van der Waals surface area contributed by atoms with E-state index in [1.54, 1.807) is 23.2 Å². The molecule has 27 heavy (non-hydrogen) atoms. The lowest BCUT2D eigenvalue weighted by Gasteiger charge is -2.05. The number of H-pyrrole nitrogens is 1. The Morgan fingerprint density at radius 1 is 1.04 bits per heavy atom. The van der Waals surface area contributed by atoms with Crippen LogP contribution in [0.3, 0.4) is 0 Å². The second kappa shape index (κ2) is 6.55. The summed E-state index contributed by atoms with van der Waals surface area (Å²) >= 11 is 0. The van der Waals surface area contributed by atoms with Crippen LogP contribution >= 0.6 is 0 Å². The summed E-state index contributed by atoms with van der Waals surface area (Å²) in [5.74, 6) is 0.828. The molecule has 0 aliphatic rings. The number of aryl methyl sites for hydroxylation is 3. The molecule has 0 spiro atoms. The molecule has 2 aromatic carbocycles. The molecule has 2 aromatic heterocycles. The number of aromatic nitrogens is 4. The smallest absolute Gasteiger partial charge is 0.328 e. The molecular formula is C21H23N5O. The maximum atomic E-state index is 12.1. The van der Waals surface area contributed by atoms with Crippen molar-refractivity contribution in [3.63, 3.8) is 0 Å². The summed E-state index contributed by atoms with van der Waals surface area (Å²) in [4.78, 5) is 20.1. The molecule has 4 rings (SSSR count). The first-order valence-corrected chi connectivity index (χ1v) is 9.00. The minimum atomic E-state index is -0.0281. The van der Waals surface area contributed by atoms with Gasteiger partial charge in [0.15, 0.2) is 0 Å². The first kappa shape index (κ1) is 17.3. The molecule has 0 unspecified atom stereocenters. The number of imidazole rings is 2. The van der Waals surface area contributed by atoms with Gasteiger partial charge in [-0.15, -0.1) is 0 Å². The highest BCUT2D eigenvalue weighted by Crippen LogP contribution is 2.26. The molecule has 0 aliphatic carbocycles. The summed E-state index contributed by atoms with van der Waals surface area (Å²) in [6, 6.07) is 12.4. The molecule has 0 radical (unpaired) electrons. The van der Waals surface area contributed by atoms with Crippen molar-refractivity contribution in [1.29, 1.82) is 0 Å². The van der Waals surface area contributed by atoms with Crippen molar-refractivity contribution in [3.05, 3.63) is 64.2 Å². The molecule has 2 heterocycles. The van der Waals surface area contributed by atoms with E-state index in [1.807, 2.05) is 24.4 Å². The quantitative estimate of drug-likeness (QED) is 0.586. The zero-order valence-corrected chi connectivity index (χ0v) is 15.8.